The minimum absolute atomic E-state index is 0.191. The van der Waals surface area contributed by atoms with Crippen LogP contribution in [0.25, 0.3) is 0 Å². The van der Waals surface area contributed by atoms with Gasteiger partial charge in [0.2, 0.25) is 5.89 Å². The molecule has 7 nitrogen and oxygen atoms in total. The second-order valence-electron chi connectivity index (χ2n) is 7.52. The first-order valence-electron chi connectivity index (χ1n) is 9.88. The molecule has 0 bridgehead atoms. The molecule has 1 aliphatic carbocycles. The van der Waals surface area contributed by atoms with Crippen molar-refractivity contribution in [1.82, 2.24) is 25.0 Å². The maximum atomic E-state index is 5.84. The summed E-state index contributed by atoms with van der Waals surface area (Å²) < 4.78 is 13.0. The standard InChI is InChI=1S/C21H27N5O2/c1-16-24-20(25-28-16)21(10-4-3-5-11-21)23-14-17-6-8-18(9-7-17)27-15-19-22-12-13-26(19)2/h6-9,12-13,23H,3-5,10-11,14-15H2,1-2H3. The number of aromatic nitrogens is 4. The fraction of sp³-hybridized carbons (Fsp3) is 0.476. The quantitative estimate of drug-likeness (QED) is 0.673. The van der Waals surface area contributed by atoms with Gasteiger partial charge in [-0.2, -0.15) is 4.98 Å². The second-order valence-corrected chi connectivity index (χ2v) is 7.52. The van der Waals surface area contributed by atoms with Gasteiger partial charge in [-0.15, -0.1) is 0 Å². The van der Waals surface area contributed by atoms with E-state index in [-0.39, 0.29) is 5.54 Å². The van der Waals surface area contributed by atoms with E-state index in [9.17, 15) is 0 Å². The highest BCUT2D eigenvalue weighted by atomic mass is 16.5. The molecule has 28 heavy (non-hydrogen) atoms. The van der Waals surface area contributed by atoms with Crippen LogP contribution in [0.4, 0.5) is 0 Å². The predicted molar refractivity (Wildman–Crippen MR) is 105 cm³/mol. The summed E-state index contributed by atoms with van der Waals surface area (Å²) in [6.07, 6.45) is 9.40. The Morgan fingerprint density at radius 2 is 1.96 bits per heavy atom. The molecule has 0 atom stereocenters. The van der Waals surface area contributed by atoms with Crippen LogP contribution in [0.1, 0.15) is 55.2 Å². The Bertz CT molecular complexity index is 894. The lowest BCUT2D eigenvalue weighted by Crippen LogP contribution is -2.44. The van der Waals surface area contributed by atoms with Crippen molar-refractivity contribution in [3.05, 3.63) is 59.8 Å². The van der Waals surface area contributed by atoms with Crippen LogP contribution in [0.3, 0.4) is 0 Å². The van der Waals surface area contributed by atoms with Crippen LogP contribution in [0, 0.1) is 6.92 Å². The number of rotatable bonds is 7. The zero-order chi connectivity index (χ0) is 19.4. The Labute approximate surface area is 165 Å². The van der Waals surface area contributed by atoms with Gasteiger partial charge in [0.05, 0.1) is 5.54 Å². The van der Waals surface area contributed by atoms with Crippen molar-refractivity contribution in [3.8, 4) is 5.75 Å². The van der Waals surface area contributed by atoms with E-state index in [0.29, 0.717) is 12.5 Å². The van der Waals surface area contributed by atoms with E-state index in [1.165, 1.54) is 24.8 Å². The molecule has 7 heteroatoms. The summed E-state index contributed by atoms with van der Waals surface area (Å²) in [7, 11) is 1.97. The first-order chi connectivity index (χ1) is 13.6. The Morgan fingerprint density at radius 1 is 1.18 bits per heavy atom. The van der Waals surface area contributed by atoms with Crippen LogP contribution >= 0.6 is 0 Å². The molecular weight excluding hydrogens is 354 g/mol. The summed E-state index contributed by atoms with van der Waals surface area (Å²) in [6, 6.07) is 8.20. The third-order valence-corrected chi connectivity index (χ3v) is 5.51. The molecule has 0 unspecified atom stereocenters. The highest BCUT2D eigenvalue weighted by Gasteiger charge is 2.37. The van der Waals surface area contributed by atoms with Crippen LogP contribution in [-0.4, -0.2) is 19.7 Å². The molecule has 0 radical (unpaired) electrons. The monoisotopic (exact) mass is 381 g/mol. The molecular formula is C21H27N5O2. The van der Waals surface area contributed by atoms with Crippen molar-refractivity contribution in [2.45, 2.75) is 57.7 Å². The van der Waals surface area contributed by atoms with Gasteiger partial charge < -0.3 is 19.1 Å². The van der Waals surface area contributed by atoms with Gasteiger partial charge in [-0.25, -0.2) is 4.98 Å². The van der Waals surface area contributed by atoms with Gasteiger partial charge in [0.25, 0.3) is 0 Å². The smallest absolute Gasteiger partial charge is 0.223 e. The molecule has 1 aliphatic rings. The predicted octanol–water partition coefficient (Wildman–Crippen LogP) is 3.64. The molecule has 0 amide bonds. The highest BCUT2D eigenvalue weighted by Crippen LogP contribution is 2.36. The van der Waals surface area contributed by atoms with Crippen LogP contribution in [0.5, 0.6) is 5.75 Å². The molecule has 2 heterocycles. The van der Waals surface area contributed by atoms with Crippen LogP contribution in [0.15, 0.2) is 41.2 Å². The van der Waals surface area contributed by atoms with Gasteiger partial charge in [0.1, 0.15) is 18.2 Å². The number of hydrogen-bond acceptors (Lipinski definition) is 6. The van der Waals surface area contributed by atoms with Crippen molar-refractivity contribution in [2.24, 2.45) is 7.05 Å². The molecule has 1 fully saturated rings. The zero-order valence-corrected chi connectivity index (χ0v) is 16.5. The lowest BCUT2D eigenvalue weighted by molar-refractivity contribution is 0.211. The molecule has 4 rings (SSSR count). The average Bonchev–Trinajstić information content (AvgIpc) is 3.35. The summed E-state index contributed by atoms with van der Waals surface area (Å²) in [5.41, 5.74) is 1.01. The first-order valence-corrected chi connectivity index (χ1v) is 9.88. The number of benzene rings is 1. The SMILES string of the molecule is Cc1nc(C2(NCc3ccc(OCc4nccn4C)cc3)CCCCC2)no1. The number of imidazole rings is 1. The topological polar surface area (TPSA) is 78.0 Å². The summed E-state index contributed by atoms with van der Waals surface area (Å²) in [5.74, 6) is 3.16. The molecule has 1 saturated carbocycles. The zero-order valence-electron chi connectivity index (χ0n) is 16.5. The molecule has 3 aromatic rings. The summed E-state index contributed by atoms with van der Waals surface area (Å²) in [5, 5.41) is 7.94. The van der Waals surface area contributed by atoms with E-state index in [2.05, 4.69) is 32.6 Å². The highest BCUT2D eigenvalue weighted by molar-refractivity contribution is 5.27. The Hall–Kier alpha value is -2.67. The third-order valence-electron chi connectivity index (χ3n) is 5.51. The number of ether oxygens (including phenoxy) is 1. The third kappa shape index (κ3) is 4.09. The fourth-order valence-electron chi connectivity index (χ4n) is 3.79. The van der Waals surface area contributed by atoms with Crippen LogP contribution in [-0.2, 0) is 25.7 Å². The normalized spacial score (nSPS) is 16.2. The minimum Gasteiger partial charge on any atom is -0.486 e. The molecule has 1 N–H and O–H groups in total. The molecule has 148 valence electrons. The molecule has 0 spiro atoms. The Kier molecular flexibility index (Phi) is 5.43. The number of hydrogen-bond donors (Lipinski definition) is 1. The number of nitrogens with one attached hydrogen (secondary N) is 1. The fourth-order valence-corrected chi connectivity index (χ4v) is 3.79. The minimum atomic E-state index is -0.191. The van der Waals surface area contributed by atoms with E-state index in [1.807, 2.05) is 36.9 Å². The van der Waals surface area contributed by atoms with E-state index < -0.39 is 0 Å². The van der Waals surface area contributed by atoms with Gasteiger partial charge in [-0.1, -0.05) is 36.6 Å². The molecule has 0 aliphatic heterocycles. The van der Waals surface area contributed by atoms with Crippen molar-refractivity contribution in [1.29, 1.82) is 0 Å². The van der Waals surface area contributed by atoms with Crippen molar-refractivity contribution in [2.75, 3.05) is 0 Å². The van der Waals surface area contributed by atoms with Gasteiger partial charge in [-0.3, -0.25) is 0 Å². The number of aryl methyl sites for hydroxylation is 2. The molecule has 1 aromatic carbocycles. The number of nitrogens with zero attached hydrogens (tertiary/aromatic N) is 4. The van der Waals surface area contributed by atoms with Gasteiger partial charge in [0, 0.05) is 32.9 Å². The lowest BCUT2D eigenvalue weighted by Gasteiger charge is -2.35. The lowest BCUT2D eigenvalue weighted by atomic mass is 9.81. The van der Waals surface area contributed by atoms with E-state index in [0.717, 1.165) is 36.8 Å². The summed E-state index contributed by atoms with van der Waals surface area (Å²) in [6.45, 7) is 3.06. The Balaban J connectivity index is 1.38. The van der Waals surface area contributed by atoms with Crippen molar-refractivity contribution >= 4 is 0 Å². The summed E-state index contributed by atoms with van der Waals surface area (Å²) >= 11 is 0. The van der Waals surface area contributed by atoms with E-state index >= 15 is 0 Å². The van der Waals surface area contributed by atoms with E-state index in [1.54, 1.807) is 6.20 Å². The maximum Gasteiger partial charge on any atom is 0.223 e. The molecule has 2 aromatic heterocycles. The Morgan fingerprint density at radius 3 is 2.61 bits per heavy atom. The van der Waals surface area contributed by atoms with Crippen LogP contribution in [0.2, 0.25) is 0 Å². The van der Waals surface area contributed by atoms with Crippen molar-refractivity contribution in [3.63, 3.8) is 0 Å². The summed E-state index contributed by atoms with van der Waals surface area (Å²) in [4.78, 5) is 8.80. The second kappa shape index (κ2) is 8.14. The maximum absolute atomic E-state index is 5.84. The van der Waals surface area contributed by atoms with Gasteiger partial charge in [-0.05, 0) is 30.5 Å². The largest absolute Gasteiger partial charge is 0.486 e. The van der Waals surface area contributed by atoms with E-state index in [4.69, 9.17) is 9.26 Å². The average molecular weight is 381 g/mol. The van der Waals surface area contributed by atoms with Crippen molar-refractivity contribution < 1.29 is 9.26 Å². The van der Waals surface area contributed by atoms with Crippen LogP contribution < -0.4 is 10.1 Å². The first kappa shape index (κ1) is 18.7. The van der Waals surface area contributed by atoms with Gasteiger partial charge >= 0.3 is 0 Å². The van der Waals surface area contributed by atoms with Gasteiger partial charge in [0.15, 0.2) is 5.82 Å². The molecule has 0 saturated heterocycles.